The molecule has 4 aliphatic carbocycles. The highest BCUT2D eigenvalue weighted by atomic mass is 79.9. The summed E-state index contributed by atoms with van der Waals surface area (Å²) in [5.41, 5.74) is 6.64. The SMILES string of the molecule is CO[C@@]12C=CC(=O)C[C@@H]1c1c([nH]c3cc(Br)ccc13)CC2.CO[C@@]12C=CC(=O)C[C@@H]1c1c([nH]c3cc(Br)ccc13)CC2. The Morgan fingerprint density at radius 2 is 1.14 bits per heavy atom. The van der Waals surface area contributed by atoms with E-state index >= 15 is 0 Å². The second-order valence-electron chi connectivity index (χ2n) is 11.8. The molecule has 0 aliphatic heterocycles. The molecule has 0 saturated heterocycles. The van der Waals surface area contributed by atoms with Crippen molar-refractivity contribution in [1.29, 1.82) is 0 Å². The number of halogens is 2. The van der Waals surface area contributed by atoms with Crippen molar-refractivity contribution in [2.45, 2.75) is 61.6 Å². The van der Waals surface area contributed by atoms with Crippen LogP contribution >= 0.6 is 31.9 Å². The largest absolute Gasteiger partial charge is 0.373 e. The molecule has 2 N–H and O–H groups in total. The van der Waals surface area contributed by atoms with Crippen LogP contribution in [-0.2, 0) is 31.9 Å². The molecule has 2 heterocycles. The van der Waals surface area contributed by atoms with E-state index < -0.39 is 0 Å². The normalized spacial score (nSPS) is 27.7. The highest BCUT2D eigenvalue weighted by Gasteiger charge is 2.47. The third kappa shape index (κ3) is 4.41. The maximum atomic E-state index is 11.9. The van der Waals surface area contributed by atoms with Gasteiger partial charge in [-0.2, -0.15) is 0 Å². The highest BCUT2D eigenvalue weighted by Crippen LogP contribution is 2.50. The van der Waals surface area contributed by atoms with Gasteiger partial charge in [0.15, 0.2) is 11.6 Å². The third-order valence-electron chi connectivity index (χ3n) is 9.85. The van der Waals surface area contributed by atoms with E-state index in [1.165, 1.54) is 33.3 Å². The predicted molar refractivity (Wildman–Crippen MR) is 171 cm³/mol. The van der Waals surface area contributed by atoms with Crippen LogP contribution in [0.1, 0.15) is 60.0 Å². The second kappa shape index (κ2) is 10.4. The number of rotatable bonds is 2. The van der Waals surface area contributed by atoms with Crippen molar-refractivity contribution in [1.82, 2.24) is 9.97 Å². The maximum Gasteiger partial charge on any atom is 0.156 e. The van der Waals surface area contributed by atoms with Gasteiger partial charge in [0.1, 0.15) is 0 Å². The van der Waals surface area contributed by atoms with Crippen molar-refractivity contribution >= 4 is 65.2 Å². The van der Waals surface area contributed by atoms with E-state index in [9.17, 15) is 9.59 Å². The van der Waals surface area contributed by atoms with E-state index in [4.69, 9.17) is 9.47 Å². The van der Waals surface area contributed by atoms with Gasteiger partial charge in [-0.1, -0.05) is 44.0 Å². The number of methoxy groups -OCH3 is 2. The molecule has 0 bridgehead atoms. The van der Waals surface area contributed by atoms with Crippen LogP contribution < -0.4 is 0 Å². The Hall–Kier alpha value is -2.78. The molecule has 6 nitrogen and oxygen atoms in total. The number of ether oxygens (including phenoxy) is 2. The first-order chi connectivity index (χ1) is 20.3. The molecule has 0 unspecified atom stereocenters. The Morgan fingerprint density at radius 1 is 0.714 bits per heavy atom. The van der Waals surface area contributed by atoms with Crippen LogP contribution in [0.3, 0.4) is 0 Å². The fourth-order valence-electron chi connectivity index (χ4n) is 7.74. The van der Waals surface area contributed by atoms with Crippen molar-refractivity contribution in [3.8, 4) is 0 Å². The molecule has 42 heavy (non-hydrogen) atoms. The van der Waals surface area contributed by atoms with Crippen LogP contribution in [0.15, 0.2) is 69.6 Å². The molecule has 4 atom stereocenters. The molecule has 0 radical (unpaired) electrons. The summed E-state index contributed by atoms with van der Waals surface area (Å²) in [5.74, 6) is 0.594. The Kier molecular flexibility index (Phi) is 6.96. The number of carbonyl (C=O) groups is 2. The molecule has 2 aromatic heterocycles. The van der Waals surface area contributed by atoms with Crippen molar-refractivity contribution in [2.75, 3.05) is 14.2 Å². The zero-order chi connectivity index (χ0) is 29.2. The van der Waals surface area contributed by atoms with Gasteiger partial charge in [-0.3, -0.25) is 9.59 Å². The van der Waals surface area contributed by atoms with E-state index in [0.717, 1.165) is 45.7 Å². The van der Waals surface area contributed by atoms with Gasteiger partial charge in [0, 0.05) is 81.0 Å². The minimum atomic E-state index is -0.330. The van der Waals surface area contributed by atoms with Crippen molar-refractivity contribution < 1.29 is 19.1 Å². The van der Waals surface area contributed by atoms with Crippen LogP contribution in [0.2, 0.25) is 0 Å². The molecule has 2 aromatic carbocycles. The summed E-state index contributed by atoms with van der Waals surface area (Å²) in [7, 11) is 3.51. The number of benzene rings is 2. The smallest absolute Gasteiger partial charge is 0.156 e. The zero-order valence-corrected chi connectivity index (χ0v) is 26.7. The van der Waals surface area contributed by atoms with E-state index in [-0.39, 0.29) is 34.6 Å². The Balaban J connectivity index is 0.000000137. The van der Waals surface area contributed by atoms with Crippen LogP contribution in [0.4, 0.5) is 0 Å². The molecule has 0 saturated carbocycles. The number of aryl methyl sites for hydroxylation is 2. The van der Waals surface area contributed by atoms with Crippen molar-refractivity contribution in [3.05, 3.63) is 92.2 Å². The van der Waals surface area contributed by atoms with Crippen LogP contribution in [0, 0.1) is 0 Å². The number of allylic oxidation sites excluding steroid dienone is 2. The molecule has 4 aliphatic rings. The molecule has 4 aromatic rings. The summed E-state index contributed by atoms with van der Waals surface area (Å²) < 4.78 is 13.9. The lowest BCUT2D eigenvalue weighted by Crippen LogP contribution is -2.43. The fourth-order valence-corrected chi connectivity index (χ4v) is 8.46. The number of hydrogen-bond acceptors (Lipinski definition) is 4. The number of hydrogen-bond donors (Lipinski definition) is 2. The molecule has 0 fully saturated rings. The number of ketones is 2. The van der Waals surface area contributed by atoms with E-state index in [1.54, 1.807) is 26.4 Å². The Labute approximate surface area is 261 Å². The topological polar surface area (TPSA) is 84.2 Å². The molecule has 8 heteroatoms. The van der Waals surface area contributed by atoms with E-state index in [2.05, 4.69) is 78.2 Å². The molecular weight excluding hydrogens is 660 g/mol. The lowest BCUT2D eigenvalue weighted by molar-refractivity contribution is -0.119. The first kappa shape index (κ1) is 28.0. The van der Waals surface area contributed by atoms with Crippen molar-refractivity contribution in [2.24, 2.45) is 0 Å². The zero-order valence-electron chi connectivity index (χ0n) is 23.6. The molecule has 0 amide bonds. The van der Waals surface area contributed by atoms with Gasteiger partial charge in [-0.25, -0.2) is 0 Å². The van der Waals surface area contributed by atoms with Crippen LogP contribution in [0.5, 0.6) is 0 Å². The number of carbonyl (C=O) groups excluding carboxylic acids is 2. The summed E-state index contributed by atoms with van der Waals surface area (Å²) in [6.07, 6.45) is 12.1. The Bertz CT molecular complexity index is 1680. The van der Waals surface area contributed by atoms with Gasteiger partial charge >= 0.3 is 0 Å². The van der Waals surface area contributed by atoms with Crippen LogP contribution in [-0.4, -0.2) is 47.0 Å². The molecule has 8 rings (SSSR count). The van der Waals surface area contributed by atoms with Gasteiger partial charge in [0.05, 0.1) is 11.2 Å². The average molecular weight is 692 g/mol. The molecule has 0 spiro atoms. The van der Waals surface area contributed by atoms with Crippen LogP contribution in [0.25, 0.3) is 21.8 Å². The molecule has 216 valence electrons. The predicted octanol–water partition coefficient (Wildman–Crippen LogP) is 7.75. The number of aromatic amines is 2. The van der Waals surface area contributed by atoms with Gasteiger partial charge in [0.25, 0.3) is 0 Å². The number of fused-ring (bicyclic) bond motifs is 10. The summed E-state index contributed by atoms with van der Waals surface area (Å²) in [6, 6.07) is 12.6. The summed E-state index contributed by atoms with van der Waals surface area (Å²) in [6.45, 7) is 0. The number of nitrogens with one attached hydrogen (secondary N) is 2. The highest BCUT2D eigenvalue weighted by molar-refractivity contribution is 9.10. The number of H-pyrrole nitrogens is 2. The van der Waals surface area contributed by atoms with Gasteiger partial charge in [-0.05, 0) is 85.4 Å². The standard InChI is InChI=1S/2C17H16BrNO2/c2*1-21-17-6-4-11(20)9-13(17)16-12-3-2-10(18)8-15(12)19-14(16)5-7-17/h2*2-4,6,8,13,19H,5,7,9H2,1H3/t2*13-,17-/m11/s1. The minimum absolute atomic E-state index is 0.110. The molecular formula is C34H32Br2N2O4. The second-order valence-corrected chi connectivity index (χ2v) is 13.7. The maximum absolute atomic E-state index is 11.9. The minimum Gasteiger partial charge on any atom is -0.373 e. The van der Waals surface area contributed by atoms with E-state index in [1.807, 2.05) is 12.2 Å². The first-order valence-corrected chi connectivity index (χ1v) is 16.0. The van der Waals surface area contributed by atoms with Gasteiger partial charge in [-0.15, -0.1) is 0 Å². The summed E-state index contributed by atoms with van der Waals surface area (Å²) in [4.78, 5) is 30.9. The first-order valence-electron chi connectivity index (χ1n) is 14.4. The Morgan fingerprint density at radius 3 is 1.55 bits per heavy atom. The average Bonchev–Trinajstić information content (AvgIpc) is 3.55. The quantitative estimate of drug-likeness (QED) is 0.225. The van der Waals surface area contributed by atoms with Crippen molar-refractivity contribution in [3.63, 3.8) is 0 Å². The third-order valence-corrected chi connectivity index (χ3v) is 10.8. The monoisotopic (exact) mass is 690 g/mol. The lowest BCUT2D eigenvalue weighted by Gasteiger charge is -2.42. The van der Waals surface area contributed by atoms with Gasteiger partial charge in [0.2, 0.25) is 0 Å². The fraction of sp³-hybridized carbons (Fsp3) is 0.353. The van der Waals surface area contributed by atoms with E-state index in [0.29, 0.717) is 12.8 Å². The van der Waals surface area contributed by atoms with Gasteiger partial charge < -0.3 is 19.4 Å². The number of aromatic nitrogens is 2. The lowest BCUT2D eigenvalue weighted by atomic mass is 9.68. The summed E-state index contributed by atoms with van der Waals surface area (Å²) >= 11 is 7.04. The summed E-state index contributed by atoms with van der Waals surface area (Å²) in [5, 5.41) is 2.42.